The Hall–Kier alpha value is -2.12. The molecule has 2 atom stereocenters. The second-order valence-electron chi connectivity index (χ2n) is 6.07. The highest BCUT2D eigenvalue weighted by atomic mass is 32.2. The molecule has 2 N–H and O–H groups in total. The lowest BCUT2D eigenvalue weighted by atomic mass is 9.90. The molecule has 5 nitrogen and oxygen atoms in total. The number of sulfonamides is 1. The van der Waals surface area contributed by atoms with Crippen LogP contribution in [0.3, 0.4) is 0 Å². The number of rotatable bonds is 3. The molecule has 7 heteroatoms. The Labute approximate surface area is 139 Å². The first-order valence-electron chi connectivity index (χ1n) is 7.83. The van der Waals surface area contributed by atoms with E-state index in [1.165, 1.54) is 24.3 Å². The summed E-state index contributed by atoms with van der Waals surface area (Å²) in [5.74, 6) is 0.471. The molecule has 0 spiro atoms. The van der Waals surface area contributed by atoms with Crippen molar-refractivity contribution in [1.29, 1.82) is 0 Å². The predicted molar refractivity (Wildman–Crippen MR) is 88.3 cm³/mol. The van der Waals surface area contributed by atoms with Gasteiger partial charge in [-0.1, -0.05) is 6.07 Å². The molecular formula is C17H17FN2O3S. The Morgan fingerprint density at radius 2 is 2.08 bits per heavy atom. The summed E-state index contributed by atoms with van der Waals surface area (Å²) < 4.78 is 46.7. The molecule has 2 heterocycles. The lowest BCUT2D eigenvalue weighted by Crippen LogP contribution is -2.39. The summed E-state index contributed by atoms with van der Waals surface area (Å²) in [6.07, 6.45) is 0.973. The van der Waals surface area contributed by atoms with E-state index in [1.54, 1.807) is 12.1 Å². The second kappa shape index (κ2) is 5.75. The molecule has 24 heavy (non-hydrogen) atoms. The zero-order valence-electron chi connectivity index (χ0n) is 12.8. The first kappa shape index (κ1) is 15.4. The summed E-state index contributed by atoms with van der Waals surface area (Å²) in [7, 11) is -3.78. The van der Waals surface area contributed by atoms with Gasteiger partial charge in [-0.05, 0) is 49.4 Å². The van der Waals surface area contributed by atoms with Crippen LogP contribution in [0.15, 0.2) is 47.4 Å². The van der Waals surface area contributed by atoms with Crippen LogP contribution in [0.4, 0.5) is 10.1 Å². The van der Waals surface area contributed by atoms with Crippen molar-refractivity contribution in [2.75, 3.05) is 17.8 Å². The third-order valence-corrected chi connectivity index (χ3v) is 5.85. The monoisotopic (exact) mass is 348 g/mol. The number of ether oxygens (including phenoxy) is 1. The Morgan fingerprint density at radius 1 is 1.21 bits per heavy atom. The quantitative estimate of drug-likeness (QED) is 0.894. The molecule has 126 valence electrons. The van der Waals surface area contributed by atoms with E-state index in [0.29, 0.717) is 0 Å². The van der Waals surface area contributed by atoms with Gasteiger partial charge >= 0.3 is 0 Å². The van der Waals surface area contributed by atoms with Gasteiger partial charge in [-0.3, -0.25) is 4.72 Å². The van der Waals surface area contributed by atoms with Crippen LogP contribution >= 0.6 is 0 Å². The van der Waals surface area contributed by atoms with Crippen molar-refractivity contribution in [3.8, 4) is 5.75 Å². The van der Waals surface area contributed by atoms with Crippen LogP contribution in [0.5, 0.6) is 5.75 Å². The van der Waals surface area contributed by atoms with Crippen LogP contribution in [0.1, 0.15) is 17.9 Å². The molecule has 0 aromatic heterocycles. The summed E-state index contributed by atoms with van der Waals surface area (Å²) in [5, 5.41) is 3.28. The Bertz CT molecular complexity index is 885. The van der Waals surface area contributed by atoms with Crippen LogP contribution in [-0.2, 0) is 10.0 Å². The number of benzene rings is 2. The largest absolute Gasteiger partial charge is 0.488 e. The molecule has 0 aliphatic carbocycles. The van der Waals surface area contributed by atoms with Gasteiger partial charge in [0.05, 0.1) is 10.6 Å². The minimum Gasteiger partial charge on any atom is -0.488 e. The molecule has 2 aliphatic heterocycles. The van der Waals surface area contributed by atoms with Gasteiger partial charge in [-0.15, -0.1) is 0 Å². The smallest absolute Gasteiger partial charge is 0.261 e. The van der Waals surface area contributed by atoms with Crippen LogP contribution in [0.25, 0.3) is 0 Å². The van der Waals surface area contributed by atoms with Crippen molar-refractivity contribution in [3.05, 3.63) is 53.8 Å². The molecule has 2 unspecified atom stereocenters. The summed E-state index contributed by atoms with van der Waals surface area (Å²) in [4.78, 5) is 0.160. The minimum atomic E-state index is -3.78. The fraction of sp³-hybridized carbons (Fsp3) is 0.294. The van der Waals surface area contributed by atoms with Gasteiger partial charge in [0, 0.05) is 18.0 Å². The summed E-state index contributed by atoms with van der Waals surface area (Å²) in [5.41, 5.74) is 1.13. The maximum absolute atomic E-state index is 13.3. The standard InChI is InChI=1S/C17H17FN2O3S/c18-11-2-1-3-12(8-11)20-24(21,22)13-4-5-16-15(9-13)14-6-7-19-10-17(14)23-16/h1-5,8-9,14,17,19-20H,6-7,10H2. The number of nitrogens with one attached hydrogen (secondary N) is 2. The van der Waals surface area contributed by atoms with Crippen LogP contribution < -0.4 is 14.8 Å². The SMILES string of the molecule is O=S(=O)(Nc1cccc(F)c1)c1ccc2c(c1)C1CCNCC1O2. The van der Waals surface area contributed by atoms with Crippen molar-refractivity contribution >= 4 is 15.7 Å². The van der Waals surface area contributed by atoms with Gasteiger partial charge in [0.15, 0.2) is 0 Å². The van der Waals surface area contributed by atoms with Crippen molar-refractivity contribution in [2.24, 2.45) is 0 Å². The minimum absolute atomic E-state index is 0.0582. The van der Waals surface area contributed by atoms with E-state index in [-0.39, 0.29) is 22.6 Å². The van der Waals surface area contributed by atoms with E-state index in [0.717, 1.165) is 36.9 Å². The zero-order valence-corrected chi connectivity index (χ0v) is 13.6. The number of piperidine rings is 1. The fourth-order valence-electron chi connectivity index (χ4n) is 3.33. The second-order valence-corrected chi connectivity index (χ2v) is 7.75. The average molecular weight is 348 g/mol. The summed E-state index contributed by atoms with van der Waals surface area (Å²) >= 11 is 0. The van der Waals surface area contributed by atoms with E-state index in [1.807, 2.05) is 0 Å². The van der Waals surface area contributed by atoms with E-state index in [2.05, 4.69) is 10.0 Å². The van der Waals surface area contributed by atoms with E-state index in [4.69, 9.17) is 4.74 Å². The maximum atomic E-state index is 13.3. The molecule has 0 radical (unpaired) electrons. The van der Waals surface area contributed by atoms with Crippen molar-refractivity contribution in [2.45, 2.75) is 23.3 Å². The lowest BCUT2D eigenvalue weighted by molar-refractivity contribution is 0.177. The molecule has 0 saturated carbocycles. The van der Waals surface area contributed by atoms with E-state index < -0.39 is 15.8 Å². The fourth-order valence-corrected chi connectivity index (χ4v) is 4.41. The van der Waals surface area contributed by atoms with Crippen LogP contribution in [0.2, 0.25) is 0 Å². The molecule has 1 fully saturated rings. The number of hydrogen-bond donors (Lipinski definition) is 2. The summed E-state index contributed by atoms with van der Waals surface area (Å²) in [6, 6.07) is 10.3. The number of halogens is 1. The third-order valence-electron chi connectivity index (χ3n) is 4.47. The van der Waals surface area contributed by atoms with Gasteiger partial charge in [0.25, 0.3) is 10.0 Å². The highest BCUT2D eigenvalue weighted by molar-refractivity contribution is 7.92. The van der Waals surface area contributed by atoms with Crippen molar-refractivity contribution in [1.82, 2.24) is 5.32 Å². The Morgan fingerprint density at radius 3 is 2.92 bits per heavy atom. The lowest BCUT2D eigenvalue weighted by Gasteiger charge is -2.24. The van der Waals surface area contributed by atoms with Crippen molar-refractivity contribution < 1.29 is 17.5 Å². The number of hydrogen-bond acceptors (Lipinski definition) is 4. The van der Waals surface area contributed by atoms with Gasteiger partial charge in [-0.25, -0.2) is 12.8 Å². The van der Waals surface area contributed by atoms with Gasteiger partial charge < -0.3 is 10.1 Å². The van der Waals surface area contributed by atoms with Gasteiger partial charge in [-0.2, -0.15) is 0 Å². The van der Waals surface area contributed by atoms with E-state index in [9.17, 15) is 12.8 Å². The highest BCUT2D eigenvalue weighted by Gasteiger charge is 2.36. The number of fused-ring (bicyclic) bond motifs is 3. The topological polar surface area (TPSA) is 67.4 Å². The molecule has 1 saturated heterocycles. The molecule has 2 aromatic carbocycles. The first-order valence-corrected chi connectivity index (χ1v) is 9.31. The van der Waals surface area contributed by atoms with Crippen molar-refractivity contribution in [3.63, 3.8) is 0 Å². The summed E-state index contributed by atoms with van der Waals surface area (Å²) in [6.45, 7) is 1.66. The van der Waals surface area contributed by atoms with E-state index >= 15 is 0 Å². The normalized spacial score (nSPS) is 22.4. The van der Waals surface area contributed by atoms with Crippen LogP contribution in [-0.4, -0.2) is 27.6 Å². The molecule has 2 aromatic rings. The maximum Gasteiger partial charge on any atom is 0.261 e. The average Bonchev–Trinajstić information content (AvgIpc) is 2.92. The molecule has 2 aliphatic rings. The molecule has 0 amide bonds. The Kier molecular flexibility index (Phi) is 3.69. The molecular weight excluding hydrogens is 331 g/mol. The number of anilines is 1. The predicted octanol–water partition coefficient (Wildman–Crippen LogP) is 2.46. The molecule has 0 bridgehead atoms. The van der Waals surface area contributed by atoms with Gasteiger partial charge in [0.1, 0.15) is 17.7 Å². The molecule has 4 rings (SSSR count). The zero-order chi connectivity index (χ0) is 16.7. The highest BCUT2D eigenvalue weighted by Crippen LogP contribution is 2.42. The van der Waals surface area contributed by atoms with Crippen LogP contribution in [0, 0.1) is 5.82 Å². The van der Waals surface area contributed by atoms with Gasteiger partial charge in [0.2, 0.25) is 0 Å². The Balaban J connectivity index is 1.65. The third kappa shape index (κ3) is 2.74. The first-order chi connectivity index (χ1) is 11.5.